The Morgan fingerprint density at radius 3 is 2.48 bits per heavy atom. The third-order valence-corrected chi connectivity index (χ3v) is 4.06. The number of amides is 1. The first-order valence-electron chi connectivity index (χ1n) is 7.93. The average Bonchev–Trinajstić information content (AvgIpc) is 2.63. The van der Waals surface area contributed by atoms with Crippen LogP contribution in [-0.2, 0) is 6.54 Å². The largest absolute Gasteiger partial charge is 0.366 e. The third-order valence-electron chi connectivity index (χ3n) is 3.81. The summed E-state index contributed by atoms with van der Waals surface area (Å²) in [6, 6.07) is 18.8. The van der Waals surface area contributed by atoms with E-state index in [9.17, 15) is 4.79 Å². The van der Waals surface area contributed by atoms with Crippen LogP contribution in [0.3, 0.4) is 0 Å². The van der Waals surface area contributed by atoms with E-state index in [4.69, 9.17) is 11.6 Å². The van der Waals surface area contributed by atoms with Crippen molar-refractivity contribution in [2.24, 2.45) is 0 Å². The minimum absolute atomic E-state index is 0.175. The molecule has 1 aromatic heterocycles. The van der Waals surface area contributed by atoms with Gasteiger partial charge in [-0.3, -0.25) is 4.79 Å². The molecule has 5 heteroatoms. The number of nitrogens with one attached hydrogen (secondary N) is 2. The summed E-state index contributed by atoms with van der Waals surface area (Å²) in [5.41, 5.74) is 3.44. The highest BCUT2D eigenvalue weighted by Gasteiger charge is 2.08. The Morgan fingerprint density at radius 2 is 1.80 bits per heavy atom. The van der Waals surface area contributed by atoms with Gasteiger partial charge in [-0.2, -0.15) is 0 Å². The topological polar surface area (TPSA) is 54.0 Å². The normalized spacial score (nSPS) is 10.3. The van der Waals surface area contributed by atoms with Gasteiger partial charge in [-0.05, 0) is 48.4 Å². The third kappa shape index (κ3) is 4.58. The lowest BCUT2D eigenvalue weighted by Gasteiger charge is -2.09. The molecule has 0 fully saturated rings. The van der Waals surface area contributed by atoms with Crippen LogP contribution in [0.5, 0.6) is 0 Å². The molecule has 0 aliphatic heterocycles. The molecule has 126 valence electrons. The molecule has 0 aliphatic rings. The van der Waals surface area contributed by atoms with Crippen LogP contribution >= 0.6 is 11.6 Å². The van der Waals surface area contributed by atoms with E-state index in [1.807, 2.05) is 55.5 Å². The van der Waals surface area contributed by atoms with Gasteiger partial charge in [0.15, 0.2) is 0 Å². The maximum Gasteiger partial charge on any atom is 0.257 e. The van der Waals surface area contributed by atoms with Crippen molar-refractivity contribution in [1.82, 2.24) is 4.98 Å². The maximum atomic E-state index is 12.3. The smallest absolute Gasteiger partial charge is 0.257 e. The van der Waals surface area contributed by atoms with Crippen LogP contribution in [0.4, 0.5) is 11.5 Å². The van der Waals surface area contributed by atoms with Gasteiger partial charge in [-0.1, -0.05) is 41.9 Å². The summed E-state index contributed by atoms with van der Waals surface area (Å²) >= 11 is 5.87. The molecule has 0 saturated heterocycles. The second-order valence-corrected chi connectivity index (χ2v) is 6.12. The van der Waals surface area contributed by atoms with E-state index in [1.54, 1.807) is 18.3 Å². The molecule has 3 aromatic rings. The summed E-state index contributed by atoms with van der Waals surface area (Å²) in [5.74, 6) is 0.536. The monoisotopic (exact) mass is 351 g/mol. The van der Waals surface area contributed by atoms with E-state index in [0.29, 0.717) is 22.9 Å². The number of aromatic nitrogens is 1. The molecular formula is C20H18ClN3O. The number of para-hydroxylation sites is 1. The molecule has 0 saturated carbocycles. The van der Waals surface area contributed by atoms with Crippen LogP contribution in [0.2, 0.25) is 5.02 Å². The molecule has 3 rings (SSSR count). The zero-order valence-corrected chi connectivity index (χ0v) is 14.5. The van der Waals surface area contributed by atoms with Crippen molar-refractivity contribution in [3.8, 4) is 0 Å². The first kappa shape index (κ1) is 17.0. The number of nitrogens with zero attached hydrogens (tertiary/aromatic N) is 1. The number of carbonyl (C=O) groups is 1. The lowest BCUT2D eigenvalue weighted by atomic mass is 10.2. The predicted molar refractivity (Wildman–Crippen MR) is 102 cm³/mol. The Bertz CT molecular complexity index is 861. The van der Waals surface area contributed by atoms with Crippen LogP contribution in [0, 0.1) is 6.92 Å². The van der Waals surface area contributed by atoms with E-state index in [1.165, 1.54) is 0 Å². The number of anilines is 2. The number of hydrogen-bond donors (Lipinski definition) is 2. The van der Waals surface area contributed by atoms with Crippen molar-refractivity contribution in [2.75, 3.05) is 10.6 Å². The molecule has 0 bridgehead atoms. The van der Waals surface area contributed by atoms with Crippen molar-refractivity contribution in [2.45, 2.75) is 13.5 Å². The molecule has 1 amide bonds. The Balaban J connectivity index is 1.60. The lowest BCUT2D eigenvalue weighted by Crippen LogP contribution is -2.13. The Labute approximate surface area is 151 Å². The van der Waals surface area contributed by atoms with Crippen LogP contribution in [0.25, 0.3) is 0 Å². The average molecular weight is 352 g/mol. The first-order valence-corrected chi connectivity index (χ1v) is 8.31. The molecule has 0 aliphatic carbocycles. The van der Waals surface area contributed by atoms with Gasteiger partial charge in [0.2, 0.25) is 0 Å². The predicted octanol–water partition coefficient (Wildman–Crippen LogP) is 4.91. The van der Waals surface area contributed by atoms with E-state index in [-0.39, 0.29) is 5.91 Å². The summed E-state index contributed by atoms with van der Waals surface area (Å²) in [6.45, 7) is 2.59. The highest BCUT2D eigenvalue weighted by atomic mass is 35.5. The molecule has 0 spiro atoms. The van der Waals surface area contributed by atoms with E-state index >= 15 is 0 Å². The van der Waals surface area contributed by atoms with Gasteiger partial charge in [0, 0.05) is 23.5 Å². The number of carbonyl (C=O) groups excluding carboxylic acids is 1. The van der Waals surface area contributed by atoms with Gasteiger partial charge in [0.1, 0.15) is 5.82 Å². The summed E-state index contributed by atoms with van der Waals surface area (Å²) in [4.78, 5) is 16.6. The molecule has 0 atom stereocenters. The van der Waals surface area contributed by atoms with Crippen molar-refractivity contribution < 1.29 is 4.79 Å². The van der Waals surface area contributed by atoms with E-state index in [0.717, 1.165) is 16.8 Å². The van der Waals surface area contributed by atoms with E-state index in [2.05, 4.69) is 15.6 Å². The van der Waals surface area contributed by atoms with Gasteiger partial charge < -0.3 is 10.6 Å². The summed E-state index contributed by atoms with van der Waals surface area (Å²) < 4.78 is 0. The van der Waals surface area contributed by atoms with Crippen molar-refractivity contribution in [3.63, 3.8) is 0 Å². The second kappa shape index (κ2) is 7.81. The SMILES string of the molecule is Cc1ccccc1NC(=O)c1ccc(NCc2ccc(Cl)cc2)nc1. The fourth-order valence-electron chi connectivity index (χ4n) is 2.34. The van der Waals surface area contributed by atoms with E-state index < -0.39 is 0 Å². The summed E-state index contributed by atoms with van der Waals surface area (Å²) in [7, 11) is 0. The van der Waals surface area contributed by atoms with Gasteiger partial charge in [0.25, 0.3) is 5.91 Å². The highest BCUT2D eigenvalue weighted by molar-refractivity contribution is 6.30. The standard InChI is InChI=1S/C20H18ClN3O/c1-14-4-2-3-5-18(14)24-20(25)16-8-11-19(23-13-16)22-12-15-6-9-17(21)10-7-15/h2-11,13H,12H2,1H3,(H,22,23)(H,24,25). The van der Waals surface area contributed by atoms with Crippen molar-refractivity contribution >= 4 is 29.0 Å². The number of benzene rings is 2. The number of halogens is 1. The Morgan fingerprint density at radius 1 is 1.04 bits per heavy atom. The Hall–Kier alpha value is -2.85. The fraction of sp³-hybridized carbons (Fsp3) is 0.100. The molecule has 25 heavy (non-hydrogen) atoms. The zero-order valence-electron chi connectivity index (χ0n) is 13.8. The second-order valence-electron chi connectivity index (χ2n) is 5.68. The number of rotatable bonds is 5. The van der Waals surface area contributed by atoms with Gasteiger partial charge in [-0.15, -0.1) is 0 Å². The minimum Gasteiger partial charge on any atom is -0.366 e. The highest BCUT2D eigenvalue weighted by Crippen LogP contribution is 2.15. The van der Waals surface area contributed by atoms with Gasteiger partial charge in [0.05, 0.1) is 5.56 Å². The van der Waals surface area contributed by atoms with Gasteiger partial charge in [-0.25, -0.2) is 4.98 Å². The molecule has 2 aromatic carbocycles. The zero-order chi connectivity index (χ0) is 17.6. The van der Waals surface area contributed by atoms with Crippen molar-refractivity contribution in [1.29, 1.82) is 0 Å². The van der Waals surface area contributed by atoms with Gasteiger partial charge >= 0.3 is 0 Å². The van der Waals surface area contributed by atoms with Crippen LogP contribution < -0.4 is 10.6 Å². The molecule has 0 radical (unpaired) electrons. The van der Waals surface area contributed by atoms with Crippen LogP contribution in [0.15, 0.2) is 66.9 Å². The lowest BCUT2D eigenvalue weighted by molar-refractivity contribution is 0.102. The molecule has 1 heterocycles. The molecule has 0 unspecified atom stereocenters. The number of pyridine rings is 1. The number of hydrogen-bond acceptors (Lipinski definition) is 3. The quantitative estimate of drug-likeness (QED) is 0.686. The fourth-order valence-corrected chi connectivity index (χ4v) is 2.46. The number of aryl methyl sites for hydroxylation is 1. The maximum absolute atomic E-state index is 12.3. The Kier molecular flexibility index (Phi) is 5.31. The van der Waals surface area contributed by atoms with Crippen LogP contribution in [-0.4, -0.2) is 10.9 Å². The molecule has 4 nitrogen and oxygen atoms in total. The molecular weight excluding hydrogens is 334 g/mol. The first-order chi connectivity index (χ1) is 12.1. The van der Waals surface area contributed by atoms with Crippen molar-refractivity contribution in [3.05, 3.63) is 88.6 Å². The molecule has 2 N–H and O–H groups in total. The summed E-state index contributed by atoms with van der Waals surface area (Å²) in [5, 5.41) is 6.83. The summed E-state index contributed by atoms with van der Waals surface area (Å²) in [6.07, 6.45) is 1.57. The minimum atomic E-state index is -0.175. The van der Waals surface area contributed by atoms with Crippen LogP contribution in [0.1, 0.15) is 21.5 Å².